The molecule has 0 aromatic rings. The van der Waals surface area contributed by atoms with Crippen LogP contribution in [0.15, 0.2) is 0 Å². The van der Waals surface area contributed by atoms with Gasteiger partial charge in [0.15, 0.2) is 0 Å². The van der Waals surface area contributed by atoms with Crippen molar-refractivity contribution in [3.63, 3.8) is 0 Å². The van der Waals surface area contributed by atoms with Crippen molar-refractivity contribution in [3.8, 4) is 0 Å². The molecule has 0 aromatic heterocycles. The predicted molar refractivity (Wildman–Crippen MR) is 20.5 cm³/mol. The van der Waals surface area contributed by atoms with Gasteiger partial charge in [-0.2, -0.15) is 0 Å². The Morgan fingerprint density at radius 2 is 1.67 bits per heavy atom. The molecule has 0 aliphatic carbocycles. The van der Waals surface area contributed by atoms with Gasteiger partial charge in [0.1, 0.15) is 0 Å². The molecule has 0 aliphatic rings. The number of hydrogen-bond donors (Lipinski definition) is 0. The Bertz CT molecular complexity index is 46.8. The first-order valence-corrected chi connectivity index (χ1v) is 5.20. The Morgan fingerprint density at radius 1 is 1.33 bits per heavy atom. The molecule has 0 bridgehead atoms. The van der Waals surface area contributed by atoms with Crippen LogP contribution in [-0.2, 0) is 8.31 Å². The summed E-state index contributed by atoms with van der Waals surface area (Å²) in [6.45, 7) is 0. The molecule has 0 spiro atoms. The fourth-order valence-electron chi connectivity index (χ4n) is 0.0680. The molecule has 0 radical (unpaired) electrons. The maximum atomic E-state index is 10.0. The zero-order valence-corrected chi connectivity index (χ0v) is 6.81. The molecule has 0 saturated heterocycles. The molecule has 0 aliphatic heterocycles. The third kappa shape index (κ3) is 2.83. The molecule has 0 fully saturated rings. The Morgan fingerprint density at radius 3 is 1.67 bits per heavy atom. The third-order valence-electron chi connectivity index (χ3n) is 0.272. The van der Waals surface area contributed by atoms with Crippen molar-refractivity contribution in [2.75, 3.05) is 14.2 Å². The van der Waals surface area contributed by atoms with Crippen LogP contribution in [0.25, 0.3) is 0 Å². The summed E-state index contributed by atoms with van der Waals surface area (Å²) in [6.07, 6.45) is 0. The van der Waals surface area contributed by atoms with Crippen molar-refractivity contribution in [1.82, 2.24) is 0 Å². The molecule has 6 heavy (non-hydrogen) atoms. The Balaban J connectivity index is 2.99. The molecule has 0 rings (SSSR count). The molecule has 0 atom stereocenters. The molecule has 3 nitrogen and oxygen atoms in total. The minimum absolute atomic E-state index is 1.38. The summed E-state index contributed by atoms with van der Waals surface area (Å²) in [5.41, 5.74) is 0. The second-order valence-electron chi connectivity index (χ2n) is 0.537. The van der Waals surface area contributed by atoms with Gasteiger partial charge in [-0.3, -0.25) is 0 Å². The SMILES string of the molecule is C[O][Po](=[O])[O]C. The molecule has 0 amide bonds. The van der Waals surface area contributed by atoms with Crippen molar-refractivity contribution in [1.29, 1.82) is 0 Å². The summed E-state index contributed by atoms with van der Waals surface area (Å²) in [7, 11) is 2.76. The zero-order valence-electron chi connectivity index (χ0n) is 3.63. The van der Waals surface area contributed by atoms with Gasteiger partial charge >= 0.3 is 45.5 Å². The third-order valence-corrected chi connectivity index (χ3v) is 2.39. The van der Waals surface area contributed by atoms with Gasteiger partial charge in [-0.1, -0.05) is 0 Å². The van der Waals surface area contributed by atoms with E-state index in [0.717, 1.165) is 0 Å². The molecule has 4 heteroatoms. The summed E-state index contributed by atoms with van der Waals surface area (Å²) in [6, 6.07) is 0. The van der Waals surface area contributed by atoms with Gasteiger partial charge < -0.3 is 0 Å². The van der Waals surface area contributed by atoms with Crippen LogP contribution in [0.4, 0.5) is 0 Å². The van der Waals surface area contributed by atoms with Crippen molar-refractivity contribution in [2.45, 2.75) is 0 Å². The normalized spacial score (nSPS) is 9.83. The van der Waals surface area contributed by atoms with E-state index in [1.165, 1.54) is 14.2 Å². The molecule has 0 N–H and O–H groups in total. The minimum atomic E-state index is -2.85. The van der Waals surface area contributed by atoms with Crippen LogP contribution in [0.1, 0.15) is 0 Å². The van der Waals surface area contributed by atoms with E-state index in [4.69, 9.17) is 0 Å². The topological polar surface area (TPSA) is 35.5 Å². The van der Waals surface area contributed by atoms with Crippen LogP contribution >= 0.6 is 0 Å². The van der Waals surface area contributed by atoms with Crippen molar-refractivity contribution in [2.24, 2.45) is 0 Å². The van der Waals surface area contributed by atoms with Gasteiger partial charge in [0, 0.05) is 0 Å². The summed E-state index contributed by atoms with van der Waals surface area (Å²) in [5.74, 6) is 0. The van der Waals surface area contributed by atoms with Crippen LogP contribution in [-0.4, -0.2) is 37.2 Å². The molecular weight excluding hydrogens is 281 g/mol. The standard InChI is InChI=1S/2CH3O.O.Po/c2*1-2;;/h2*1H3;;/q2*-1;;+2. The molecule has 0 saturated carbocycles. The maximum absolute atomic E-state index is 10.0. The molecular formula is C2H6O3Po. The van der Waals surface area contributed by atoms with Crippen LogP contribution in [0, 0.1) is 0 Å². The average Bonchev–Trinajstić information content (AvgIpc) is 1.65. The molecule has 0 unspecified atom stereocenters. The quantitative estimate of drug-likeness (QED) is 0.699. The summed E-state index contributed by atoms with van der Waals surface area (Å²) in [4.78, 5) is 0. The van der Waals surface area contributed by atoms with Gasteiger partial charge in [0.25, 0.3) is 0 Å². The summed E-state index contributed by atoms with van der Waals surface area (Å²) >= 11 is -2.85. The fraction of sp³-hybridized carbons (Fsp3) is 1.00. The van der Waals surface area contributed by atoms with Gasteiger partial charge in [0.05, 0.1) is 0 Å². The van der Waals surface area contributed by atoms with Crippen molar-refractivity contribution >= 4 is 23.0 Å². The predicted octanol–water partition coefficient (Wildman–Crippen LogP) is -0.305. The summed E-state index contributed by atoms with van der Waals surface area (Å²) in [5, 5.41) is 0. The second-order valence-corrected chi connectivity index (χ2v) is 4.72. The van der Waals surface area contributed by atoms with Gasteiger partial charge in [0.2, 0.25) is 0 Å². The fourth-order valence-corrected chi connectivity index (χ4v) is 0.597. The van der Waals surface area contributed by atoms with E-state index < -0.39 is 23.0 Å². The van der Waals surface area contributed by atoms with E-state index in [9.17, 15) is 2.77 Å². The van der Waals surface area contributed by atoms with E-state index in [-0.39, 0.29) is 0 Å². The number of rotatable bonds is 2. The van der Waals surface area contributed by atoms with Crippen molar-refractivity contribution < 1.29 is 8.31 Å². The van der Waals surface area contributed by atoms with Crippen LogP contribution < -0.4 is 0 Å². The van der Waals surface area contributed by atoms with Crippen LogP contribution in [0.5, 0.6) is 0 Å². The van der Waals surface area contributed by atoms with Crippen LogP contribution in [0.3, 0.4) is 0 Å². The van der Waals surface area contributed by atoms with Gasteiger partial charge in [-0.25, -0.2) is 0 Å². The monoisotopic (exact) mass is 287 g/mol. The Labute approximate surface area is 45.8 Å². The van der Waals surface area contributed by atoms with Gasteiger partial charge in [-0.15, -0.1) is 0 Å². The van der Waals surface area contributed by atoms with E-state index in [2.05, 4.69) is 5.54 Å². The van der Waals surface area contributed by atoms with Crippen LogP contribution in [0.2, 0.25) is 0 Å². The first kappa shape index (κ1) is 6.62. The zero-order chi connectivity index (χ0) is 4.99. The summed E-state index contributed by atoms with van der Waals surface area (Å²) < 4.78 is 18.6. The second kappa shape index (κ2) is 3.79. The molecule has 0 aromatic carbocycles. The van der Waals surface area contributed by atoms with E-state index in [1.54, 1.807) is 0 Å². The average molecular weight is 287 g/mol. The number of hydrogen-bond acceptors (Lipinski definition) is 3. The molecule has 0 heterocycles. The first-order valence-electron chi connectivity index (χ1n) is 1.32. The van der Waals surface area contributed by atoms with Gasteiger partial charge in [-0.05, 0) is 0 Å². The molecule has 38 valence electrons. The Kier molecular flexibility index (Phi) is 4.18. The Hall–Kier alpha value is 0.616. The van der Waals surface area contributed by atoms with E-state index in [1.807, 2.05) is 0 Å². The van der Waals surface area contributed by atoms with E-state index >= 15 is 0 Å². The van der Waals surface area contributed by atoms with Crippen molar-refractivity contribution in [3.05, 3.63) is 0 Å². The van der Waals surface area contributed by atoms with E-state index in [0.29, 0.717) is 0 Å². The first-order chi connectivity index (χ1) is 2.81.